The van der Waals surface area contributed by atoms with E-state index in [9.17, 15) is 16.8 Å². The minimum Gasteiger partial charge on any atom is -0.255 e. The van der Waals surface area contributed by atoms with Crippen molar-refractivity contribution in [2.75, 3.05) is 26.2 Å². The fourth-order valence-corrected chi connectivity index (χ4v) is 7.59. The number of sulfonamides is 2. The summed E-state index contributed by atoms with van der Waals surface area (Å²) in [5.41, 5.74) is 2.08. The number of benzene rings is 3. The van der Waals surface area contributed by atoms with E-state index in [-0.39, 0.29) is 36.0 Å². The number of fused-ring (bicyclic) bond motifs is 1. The Hall–Kier alpha value is -3.62. The lowest BCUT2D eigenvalue weighted by molar-refractivity contribution is 0.273. The average Bonchev–Trinajstić information content (AvgIpc) is 2.93. The second-order valence-electron chi connectivity index (χ2n) is 8.32. The highest BCUT2D eigenvalue weighted by Gasteiger charge is 2.35. The molecule has 0 aliphatic carbocycles. The largest absolute Gasteiger partial charge is 0.255 e. The molecule has 1 saturated heterocycles. The predicted molar refractivity (Wildman–Crippen MR) is 136 cm³/mol. The van der Waals surface area contributed by atoms with Crippen molar-refractivity contribution in [2.45, 2.75) is 9.79 Å². The third kappa shape index (κ3) is 4.27. The molecule has 4 aromatic rings. The van der Waals surface area contributed by atoms with Crippen molar-refractivity contribution in [3.63, 3.8) is 0 Å². The molecule has 1 aliphatic rings. The van der Waals surface area contributed by atoms with Gasteiger partial charge in [0, 0.05) is 43.3 Å². The van der Waals surface area contributed by atoms with Gasteiger partial charge in [-0.15, -0.1) is 0 Å². The second-order valence-corrected chi connectivity index (χ2v) is 12.1. The molecule has 0 unspecified atom stereocenters. The van der Waals surface area contributed by atoms with Crippen molar-refractivity contribution in [1.82, 2.24) is 13.6 Å². The van der Waals surface area contributed by atoms with Crippen LogP contribution in [0.2, 0.25) is 0 Å². The van der Waals surface area contributed by atoms with E-state index < -0.39 is 20.0 Å². The molecule has 0 atom stereocenters. The molecular formula is C26H22N4O4S2. The van der Waals surface area contributed by atoms with Crippen molar-refractivity contribution >= 4 is 30.9 Å². The number of pyridine rings is 1. The van der Waals surface area contributed by atoms with Gasteiger partial charge in [-0.2, -0.15) is 13.9 Å². The number of rotatable bonds is 5. The van der Waals surface area contributed by atoms with E-state index in [1.54, 1.807) is 79.0 Å². The van der Waals surface area contributed by atoms with Crippen LogP contribution in [0.25, 0.3) is 22.0 Å². The number of piperazine rings is 1. The highest BCUT2D eigenvalue weighted by molar-refractivity contribution is 7.89. The maximum Gasteiger partial charge on any atom is 0.245 e. The van der Waals surface area contributed by atoms with Gasteiger partial charge in [0.05, 0.1) is 22.0 Å². The topological polar surface area (TPSA) is 111 Å². The van der Waals surface area contributed by atoms with Crippen LogP contribution in [-0.4, -0.2) is 56.6 Å². The predicted octanol–water partition coefficient (Wildman–Crippen LogP) is 3.47. The molecular weight excluding hydrogens is 496 g/mol. The first kappa shape index (κ1) is 24.1. The minimum absolute atomic E-state index is 0.0292. The van der Waals surface area contributed by atoms with Gasteiger partial charge in [0.15, 0.2) is 0 Å². The summed E-state index contributed by atoms with van der Waals surface area (Å²) in [4.78, 5) is 4.51. The Morgan fingerprint density at radius 1 is 0.694 bits per heavy atom. The van der Waals surface area contributed by atoms with Gasteiger partial charge in [-0.3, -0.25) is 4.98 Å². The molecule has 0 saturated carbocycles. The Bertz CT molecular complexity index is 1680. The number of nitriles is 1. The van der Waals surface area contributed by atoms with Crippen LogP contribution >= 0.6 is 0 Å². The zero-order valence-electron chi connectivity index (χ0n) is 19.1. The van der Waals surface area contributed by atoms with E-state index in [0.29, 0.717) is 22.2 Å². The van der Waals surface area contributed by atoms with Crippen LogP contribution in [0, 0.1) is 11.3 Å². The van der Waals surface area contributed by atoms with E-state index in [2.05, 4.69) is 11.1 Å². The summed E-state index contributed by atoms with van der Waals surface area (Å²) in [7, 11) is -7.75. The molecule has 8 nitrogen and oxygen atoms in total. The maximum absolute atomic E-state index is 13.6. The Balaban J connectivity index is 1.40. The number of hydrogen-bond acceptors (Lipinski definition) is 6. The smallest absolute Gasteiger partial charge is 0.245 e. The third-order valence-electron chi connectivity index (χ3n) is 6.24. The van der Waals surface area contributed by atoms with E-state index in [4.69, 9.17) is 5.26 Å². The minimum atomic E-state index is -3.89. The van der Waals surface area contributed by atoms with Crippen LogP contribution in [0.3, 0.4) is 0 Å². The standard InChI is InChI=1S/C26H22N4O4S2/c27-19-20-10-12-21(13-11-20)23-7-1-2-8-24(23)35(31,32)29-15-17-30(18-16-29)36(33,34)25-9-3-5-22-6-4-14-28-26(22)25/h1-14H,15-18H2. The van der Waals surface area contributed by atoms with Gasteiger partial charge in [0.25, 0.3) is 0 Å². The SMILES string of the molecule is N#Cc1ccc(-c2ccccc2S(=O)(=O)N2CCN(S(=O)(=O)c3cccc4cccnc34)CC2)cc1. The highest BCUT2D eigenvalue weighted by atomic mass is 32.2. The van der Waals surface area contributed by atoms with Crippen molar-refractivity contribution in [1.29, 1.82) is 5.26 Å². The van der Waals surface area contributed by atoms with Gasteiger partial charge >= 0.3 is 0 Å². The first-order chi connectivity index (χ1) is 17.3. The molecule has 1 aromatic heterocycles. The zero-order valence-corrected chi connectivity index (χ0v) is 20.8. The summed E-state index contributed by atoms with van der Waals surface area (Å²) >= 11 is 0. The van der Waals surface area contributed by atoms with Crippen LogP contribution in [0.15, 0.2) is 94.9 Å². The van der Waals surface area contributed by atoms with Crippen LogP contribution in [0.1, 0.15) is 5.56 Å². The third-order valence-corrected chi connectivity index (χ3v) is 10.1. The van der Waals surface area contributed by atoms with Gasteiger partial charge in [-0.05, 0) is 35.9 Å². The summed E-state index contributed by atoms with van der Waals surface area (Å²) in [6.45, 7) is 0.122. The Kier molecular flexibility index (Phi) is 6.32. The Morgan fingerprint density at radius 3 is 1.94 bits per heavy atom. The van der Waals surface area contributed by atoms with Crippen LogP contribution in [-0.2, 0) is 20.0 Å². The first-order valence-corrected chi connectivity index (χ1v) is 14.1. The first-order valence-electron chi connectivity index (χ1n) is 11.3. The molecule has 0 amide bonds. The fourth-order valence-electron chi connectivity index (χ4n) is 4.37. The van der Waals surface area contributed by atoms with Crippen LogP contribution in [0.5, 0.6) is 0 Å². The molecule has 0 spiro atoms. The van der Waals surface area contributed by atoms with Crippen molar-refractivity contribution in [3.05, 3.63) is 90.6 Å². The summed E-state index contributed by atoms with van der Waals surface area (Å²) in [5.74, 6) is 0. The lowest BCUT2D eigenvalue weighted by Gasteiger charge is -2.33. The molecule has 2 heterocycles. The highest BCUT2D eigenvalue weighted by Crippen LogP contribution is 2.31. The summed E-state index contributed by atoms with van der Waals surface area (Å²) in [6.07, 6.45) is 1.55. The maximum atomic E-state index is 13.6. The molecule has 3 aromatic carbocycles. The van der Waals surface area contributed by atoms with Crippen molar-refractivity contribution < 1.29 is 16.8 Å². The molecule has 182 valence electrons. The van der Waals surface area contributed by atoms with Crippen molar-refractivity contribution in [2.24, 2.45) is 0 Å². The van der Waals surface area contributed by atoms with Crippen LogP contribution < -0.4 is 0 Å². The number of nitrogens with zero attached hydrogens (tertiary/aromatic N) is 4. The molecule has 1 fully saturated rings. The second kappa shape index (κ2) is 9.44. The van der Waals surface area contributed by atoms with Crippen LogP contribution in [0.4, 0.5) is 0 Å². The average molecular weight is 519 g/mol. The summed E-state index contributed by atoms with van der Waals surface area (Å²) in [6, 6.07) is 24.0. The molecule has 10 heteroatoms. The van der Waals surface area contributed by atoms with Gasteiger partial charge < -0.3 is 0 Å². The van der Waals surface area contributed by atoms with E-state index in [0.717, 1.165) is 5.39 Å². The van der Waals surface area contributed by atoms with Gasteiger partial charge in [-0.1, -0.05) is 48.5 Å². The van der Waals surface area contributed by atoms with E-state index in [1.165, 1.54) is 14.7 Å². The van der Waals surface area contributed by atoms with Crippen molar-refractivity contribution in [3.8, 4) is 17.2 Å². The molecule has 0 radical (unpaired) electrons. The molecule has 36 heavy (non-hydrogen) atoms. The normalized spacial score (nSPS) is 15.5. The fraction of sp³-hybridized carbons (Fsp3) is 0.154. The summed E-state index contributed by atoms with van der Waals surface area (Å²) in [5, 5.41) is 9.78. The zero-order chi connectivity index (χ0) is 25.3. The van der Waals surface area contributed by atoms with Gasteiger partial charge in [0.2, 0.25) is 20.0 Å². The molecule has 0 N–H and O–H groups in total. The van der Waals surface area contributed by atoms with Gasteiger partial charge in [-0.25, -0.2) is 16.8 Å². The van der Waals surface area contributed by atoms with E-state index in [1.807, 2.05) is 0 Å². The number of aromatic nitrogens is 1. The lowest BCUT2D eigenvalue weighted by Crippen LogP contribution is -2.50. The number of para-hydroxylation sites is 1. The lowest BCUT2D eigenvalue weighted by atomic mass is 10.0. The monoisotopic (exact) mass is 518 g/mol. The quantitative estimate of drug-likeness (QED) is 0.400. The summed E-state index contributed by atoms with van der Waals surface area (Å²) < 4.78 is 56.7. The molecule has 5 rings (SSSR count). The molecule has 1 aliphatic heterocycles. The van der Waals surface area contributed by atoms with Gasteiger partial charge in [0.1, 0.15) is 4.90 Å². The Morgan fingerprint density at radius 2 is 1.28 bits per heavy atom. The number of hydrogen-bond donors (Lipinski definition) is 0. The molecule has 0 bridgehead atoms. The Labute approximate surface area is 210 Å². The van der Waals surface area contributed by atoms with E-state index >= 15 is 0 Å².